The Bertz CT molecular complexity index is 1520. The van der Waals surface area contributed by atoms with Gasteiger partial charge in [-0.3, -0.25) is 9.59 Å². The smallest absolute Gasteiger partial charge is 0.330 e. The van der Waals surface area contributed by atoms with Gasteiger partial charge in [-0.2, -0.15) is 0 Å². The van der Waals surface area contributed by atoms with Gasteiger partial charge in [-0.1, -0.05) is 59.3 Å². The van der Waals surface area contributed by atoms with Crippen molar-refractivity contribution in [1.29, 1.82) is 0 Å². The van der Waals surface area contributed by atoms with Crippen LogP contribution < -0.4 is 0 Å². The summed E-state index contributed by atoms with van der Waals surface area (Å²) in [5.74, 6) is -0.896. The summed E-state index contributed by atoms with van der Waals surface area (Å²) in [7, 11) is 0. The fourth-order valence-corrected chi connectivity index (χ4v) is 11.6. The summed E-state index contributed by atoms with van der Waals surface area (Å²) in [6.45, 7) is 13.7. The number of phenolic OH excluding ortho intramolecular Hbond substituents is 2. The first kappa shape index (κ1) is 32.8. The van der Waals surface area contributed by atoms with Crippen molar-refractivity contribution in [2.75, 3.05) is 6.61 Å². The second-order valence-corrected chi connectivity index (χ2v) is 17.3. The average Bonchev–Trinajstić information content (AvgIpc) is 2.98. The number of hydrogen-bond donors (Lipinski definition) is 3. The SMILES string of the molecule is CC1(C)CC[C@]2(C(=O)O)CC[C@]3(COC(=O)/C=C/c4ccc(O)c(O)c4)C(=CCC4[C@@]5(C)CCC(=O)C(C)(C)C5CC[C@]43C)C2C1. The van der Waals surface area contributed by atoms with Gasteiger partial charge in [0.05, 0.1) is 5.41 Å². The summed E-state index contributed by atoms with van der Waals surface area (Å²) in [6.07, 6.45) is 13.0. The lowest BCUT2D eigenvalue weighted by atomic mass is 9.33. The molecule has 5 aliphatic rings. The van der Waals surface area contributed by atoms with Crippen molar-refractivity contribution < 1.29 is 34.4 Å². The number of esters is 1. The zero-order valence-corrected chi connectivity index (χ0v) is 28.4. The summed E-state index contributed by atoms with van der Waals surface area (Å²) in [4.78, 5) is 39.7. The molecule has 3 N–H and O–H groups in total. The van der Waals surface area contributed by atoms with Gasteiger partial charge >= 0.3 is 11.9 Å². The van der Waals surface area contributed by atoms with E-state index >= 15 is 0 Å². The molecule has 4 fully saturated rings. The highest BCUT2D eigenvalue weighted by molar-refractivity contribution is 5.87. The Kier molecular flexibility index (Phi) is 7.65. The van der Waals surface area contributed by atoms with Crippen molar-refractivity contribution in [1.82, 2.24) is 0 Å². The second-order valence-electron chi connectivity index (χ2n) is 17.3. The Morgan fingerprint density at radius 2 is 1.65 bits per heavy atom. The lowest BCUT2D eigenvalue weighted by molar-refractivity contribution is -0.202. The number of carboxylic acids is 1. The molecule has 0 saturated heterocycles. The highest BCUT2D eigenvalue weighted by Gasteiger charge is 2.71. The van der Waals surface area contributed by atoms with Gasteiger partial charge in [-0.15, -0.1) is 0 Å². The van der Waals surface area contributed by atoms with Gasteiger partial charge in [0.1, 0.15) is 12.4 Å². The quantitative estimate of drug-likeness (QED) is 0.130. The van der Waals surface area contributed by atoms with Gasteiger partial charge in [-0.25, -0.2) is 4.79 Å². The molecule has 0 amide bonds. The van der Waals surface area contributed by atoms with E-state index in [-0.39, 0.29) is 57.5 Å². The molecule has 250 valence electrons. The third-order valence-corrected chi connectivity index (χ3v) is 14.4. The molecular formula is C39H52O7. The number of phenols is 2. The van der Waals surface area contributed by atoms with E-state index in [0.29, 0.717) is 37.0 Å². The minimum atomic E-state index is -0.806. The molecule has 7 nitrogen and oxygen atoms in total. The van der Waals surface area contributed by atoms with Crippen molar-refractivity contribution in [2.45, 2.75) is 106 Å². The Labute approximate surface area is 273 Å². The number of ether oxygens (including phenoxy) is 1. The second kappa shape index (κ2) is 10.7. The Morgan fingerprint density at radius 3 is 2.35 bits per heavy atom. The van der Waals surface area contributed by atoms with E-state index < -0.39 is 22.8 Å². The Balaban J connectivity index is 1.41. The minimum absolute atomic E-state index is 0.0117. The van der Waals surface area contributed by atoms with E-state index in [1.165, 1.54) is 23.8 Å². The molecule has 0 heterocycles. The number of fused-ring (bicyclic) bond motifs is 7. The molecule has 3 unspecified atom stereocenters. The van der Waals surface area contributed by atoms with Gasteiger partial charge in [0, 0.05) is 23.3 Å². The monoisotopic (exact) mass is 632 g/mol. The number of hydrogen-bond acceptors (Lipinski definition) is 6. The summed E-state index contributed by atoms with van der Waals surface area (Å²) in [5, 5.41) is 30.3. The molecule has 7 atom stereocenters. The maximum absolute atomic E-state index is 13.3. The lowest BCUT2D eigenvalue weighted by Gasteiger charge is -2.70. The minimum Gasteiger partial charge on any atom is -0.504 e. The molecule has 6 rings (SSSR count). The number of carbonyl (C=O) groups is 3. The zero-order valence-electron chi connectivity index (χ0n) is 28.4. The fraction of sp³-hybridized carbons (Fsp3) is 0.667. The number of Topliss-reactive ketones (excluding diaryl/α,β-unsaturated/α-hetero) is 1. The molecule has 0 aromatic heterocycles. The number of aliphatic carboxylic acids is 1. The first-order valence-corrected chi connectivity index (χ1v) is 17.3. The Hall–Kier alpha value is -3.09. The third-order valence-electron chi connectivity index (χ3n) is 14.4. The lowest BCUT2D eigenvalue weighted by Crippen LogP contribution is -2.66. The maximum Gasteiger partial charge on any atom is 0.330 e. The summed E-state index contributed by atoms with van der Waals surface area (Å²) in [5.41, 5.74) is -0.228. The first-order chi connectivity index (χ1) is 21.4. The number of ketones is 1. The molecular weight excluding hydrogens is 580 g/mol. The predicted molar refractivity (Wildman–Crippen MR) is 176 cm³/mol. The normalized spacial score (nSPS) is 39.3. The van der Waals surface area contributed by atoms with E-state index in [0.717, 1.165) is 38.5 Å². The molecule has 5 aliphatic carbocycles. The number of carbonyl (C=O) groups excluding carboxylic acids is 2. The standard InChI is InChI=1S/C39H52O7/c1-34(2)17-18-38(33(44)45)19-20-39(23-46-32(43)12-8-24-7-10-27(40)28(41)21-24)25(26(38)22-34)9-11-30-36(5)15-14-31(42)35(3,4)29(36)13-16-37(30,39)6/h7-10,12,21,26,29-30,40-41H,11,13-20,22-23H2,1-6H3,(H,44,45)/b12-8+/t26?,29?,30?,36-,37+,38-,39-/m0/s1. The molecule has 1 aromatic carbocycles. The van der Waals surface area contributed by atoms with Crippen LogP contribution in [-0.2, 0) is 19.1 Å². The van der Waals surface area contributed by atoms with Crippen molar-refractivity contribution >= 4 is 23.8 Å². The maximum atomic E-state index is 13.3. The number of rotatable bonds is 5. The van der Waals surface area contributed by atoms with Crippen LogP contribution in [0.5, 0.6) is 11.5 Å². The number of aromatic hydroxyl groups is 2. The van der Waals surface area contributed by atoms with E-state index in [1.54, 1.807) is 12.1 Å². The van der Waals surface area contributed by atoms with Crippen molar-refractivity contribution in [2.24, 2.45) is 50.2 Å². The van der Waals surface area contributed by atoms with E-state index in [9.17, 15) is 29.7 Å². The van der Waals surface area contributed by atoms with Crippen LogP contribution in [0, 0.1) is 50.2 Å². The van der Waals surface area contributed by atoms with Crippen LogP contribution in [0.15, 0.2) is 35.9 Å². The topological polar surface area (TPSA) is 121 Å². The average molecular weight is 633 g/mol. The molecule has 7 heteroatoms. The molecule has 1 aromatic rings. The first-order valence-electron chi connectivity index (χ1n) is 17.3. The zero-order chi connectivity index (χ0) is 33.5. The van der Waals surface area contributed by atoms with Crippen LogP contribution in [0.25, 0.3) is 6.08 Å². The molecule has 0 radical (unpaired) electrons. The number of allylic oxidation sites excluding steroid dienone is 1. The molecule has 0 spiro atoms. The van der Waals surface area contributed by atoms with E-state index in [1.807, 2.05) is 0 Å². The summed E-state index contributed by atoms with van der Waals surface area (Å²) >= 11 is 0. The van der Waals surface area contributed by atoms with Crippen LogP contribution in [0.3, 0.4) is 0 Å². The number of carboxylic acid groups (broad SMARTS) is 1. The van der Waals surface area contributed by atoms with Gasteiger partial charge in [0.2, 0.25) is 0 Å². The molecule has 0 aliphatic heterocycles. The van der Waals surface area contributed by atoms with Gasteiger partial charge in [0.25, 0.3) is 0 Å². The third kappa shape index (κ3) is 4.69. The van der Waals surface area contributed by atoms with Crippen LogP contribution in [-0.4, -0.2) is 39.6 Å². The van der Waals surface area contributed by atoms with Crippen LogP contribution in [0.2, 0.25) is 0 Å². The van der Waals surface area contributed by atoms with Gasteiger partial charge < -0.3 is 20.1 Å². The number of benzene rings is 1. The largest absolute Gasteiger partial charge is 0.504 e. The highest BCUT2D eigenvalue weighted by Crippen LogP contribution is 2.75. The van der Waals surface area contributed by atoms with Crippen molar-refractivity contribution in [3.05, 3.63) is 41.5 Å². The van der Waals surface area contributed by atoms with Gasteiger partial charge in [0.15, 0.2) is 11.5 Å². The van der Waals surface area contributed by atoms with E-state index in [2.05, 4.69) is 47.6 Å². The van der Waals surface area contributed by atoms with Crippen molar-refractivity contribution in [3.8, 4) is 11.5 Å². The Morgan fingerprint density at radius 1 is 0.935 bits per heavy atom. The predicted octanol–water partition coefficient (Wildman–Crippen LogP) is 8.09. The molecule has 4 saturated carbocycles. The molecule has 46 heavy (non-hydrogen) atoms. The summed E-state index contributed by atoms with van der Waals surface area (Å²) in [6, 6.07) is 4.37. The van der Waals surface area contributed by atoms with E-state index in [4.69, 9.17) is 4.74 Å². The summed E-state index contributed by atoms with van der Waals surface area (Å²) < 4.78 is 6.20. The fourth-order valence-electron chi connectivity index (χ4n) is 11.6. The van der Waals surface area contributed by atoms with Crippen LogP contribution >= 0.6 is 0 Å². The van der Waals surface area contributed by atoms with Gasteiger partial charge in [-0.05, 0) is 116 Å². The molecule has 0 bridgehead atoms. The van der Waals surface area contributed by atoms with Crippen molar-refractivity contribution in [3.63, 3.8) is 0 Å². The highest BCUT2D eigenvalue weighted by atomic mass is 16.5. The van der Waals surface area contributed by atoms with Crippen LogP contribution in [0.4, 0.5) is 0 Å². The van der Waals surface area contributed by atoms with Crippen LogP contribution in [0.1, 0.15) is 111 Å².